The summed E-state index contributed by atoms with van der Waals surface area (Å²) in [6.07, 6.45) is 1.04. The smallest absolute Gasteiger partial charge is 0.0642 e. The van der Waals surface area contributed by atoms with E-state index in [1.807, 2.05) is 0 Å². The first-order valence-electron chi connectivity index (χ1n) is 7.63. The highest BCUT2D eigenvalue weighted by atomic mass is 16.5. The van der Waals surface area contributed by atoms with Crippen LogP contribution in [0.1, 0.15) is 5.56 Å². The molecule has 0 aromatic heterocycles. The van der Waals surface area contributed by atoms with Gasteiger partial charge in [-0.25, -0.2) is 0 Å². The van der Waals surface area contributed by atoms with Gasteiger partial charge in [0.2, 0.25) is 0 Å². The van der Waals surface area contributed by atoms with Crippen molar-refractivity contribution in [2.45, 2.75) is 6.42 Å². The summed E-state index contributed by atoms with van der Waals surface area (Å²) >= 11 is 0. The predicted octanol–water partition coefficient (Wildman–Crippen LogP) is 3.18. The van der Waals surface area contributed by atoms with E-state index in [0.29, 0.717) is 0 Å². The second-order valence-corrected chi connectivity index (χ2v) is 5.28. The van der Waals surface area contributed by atoms with Gasteiger partial charge in [0.05, 0.1) is 24.6 Å². The summed E-state index contributed by atoms with van der Waals surface area (Å²) in [5, 5.41) is 3.58. The van der Waals surface area contributed by atoms with Gasteiger partial charge in [0.15, 0.2) is 0 Å². The number of hydrogen-bond acceptors (Lipinski definition) is 3. The normalized spacial score (nSPS) is 15.0. The van der Waals surface area contributed by atoms with Gasteiger partial charge in [-0.1, -0.05) is 42.5 Å². The van der Waals surface area contributed by atoms with Gasteiger partial charge in [-0.15, -0.1) is 0 Å². The van der Waals surface area contributed by atoms with Crippen LogP contribution in [0.15, 0.2) is 54.6 Å². The van der Waals surface area contributed by atoms with Crippen molar-refractivity contribution in [3.63, 3.8) is 0 Å². The second kappa shape index (κ2) is 7.14. The molecule has 0 spiro atoms. The molecule has 1 saturated heterocycles. The number of ether oxygens (including phenoxy) is 1. The lowest BCUT2D eigenvalue weighted by Crippen LogP contribution is -2.36. The Kier molecular flexibility index (Phi) is 4.74. The van der Waals surface area contributed by atoms with Crippen LogP contribution in [-0.4, -0.2) is 32.8 Å². The average molecular weight is 282 g/mol. The number of nitrogens with zero attached hydrogens (tertiary/aromatic N) is 1. The maximum absolute atomic E-state index is 5.44. The lowest BCUT2D eigenvalue weighted by Gasteiger charge is -2.30. The van der Waals surface area contributed by atoms with Crippen molar-refractivity contribution in [2.75, 3.05) is 43.1 Å². The summed E-state index contributed by atoms with van der Waals surface area (Å²) < 4.78 is 5.44. The zero-order chi connectivity index (χ0) is 14.3. The lowest BCUT2D eigenvalue weighted by molar-refractivity contribution is 0.123. The van der Waals surface area contributed by atoms with Crippen molar-refractivity contribution in [3.8, 4) is 0 Å². The molecular weight excluding hydrogens is 260 g/mol. The van der Waals surface area contributed by atoms with Crippen LogP contribution in [0.3, 0.4) is 0 Å². The first-order chi connectivity index (χ1) is 10.4. The molecule has 3 heteroatoms. The molecule has 2 aromatic rings. The Morgan fingerprint density at radius 3 is 2.43 bits per heavy atom. The minimum atomic E-state index is 0.818. The fourth-order valence-corrected chi connectivity index (χ4v) is 2.69. The number of nitrogens with one attached hydrogen (secondary N) is 1. The van der Waals surface area contributed by atoms with E-state index in [-0.39, 0.29) is 0 Å². The Bertz CT molecular complexity index is 550. The molecule has 110 valence electrons. The van der Waals surface area contributed by atoms with E-state index >= 15 is 0 Å². The Balaban J connectivity index is 1.62. The fraction of sp³-hybridized carbons (Fsp3) is 0.333. The first kappa shape index (κ1) is 14.0. The topological polar surface area (TPSA) is 24.5 Å². The Morgan fingerprint density at radius 1 is 0.905 bits per heavy atom. The van der Waals surface area contributed by atoms with E-state index in [9.17, 15) is 0 Å². The highest BCUT2D eigenvalue weighted by molar-refractivity contribution is 5.70. The first-order valence-corrected chi connectivity index (χ1v) is 7.63. The zero-order valence-corrected chi connectivity index (χ0v) is 12.3. The molecule has 0 unspecified atom stereocenters. The summed E-state index contributed by atoms with van der Waals surface area (Å²) in [6.45, 7) is 4.52. The molecule has 0 bridgehead atoms. The van der Waals surface area contributed by atoms with E-state index in [1.54, 1.807) is 0 Å². The number of para-hydroxylation sites is 2. The van der Waals surface area contributed by atoms with Crippen molar-refractivity contribution in [1.29, 1.82) is 0 Å². The third-order valence-electron chi connectivity index (χ3n) is 3.83. The molecule has 1 fully saturated rings. The van der Waals surface area contributed by atoms with Crippen LogP contribution in [0.4, 0.5) is 11.4 Å². The third-order valence-corrected chi connectivity index (χ3v) is 3.83. The molecule has 1 heterocycles. The van der Waals surface area contributed by atoms with E-state index in [0.717, 1.165) is 39.3 Å². The zero-order valence-electron chi connectivity index (χ0n) is 12.3. The maximum atomic E-state index is 5.44. The lowest BCUT2D eigenvalue weighted by atomic mass is 10.1. The summed E-state index contributed by atoms with van der Waals surface area (Å²) in [5.74, 6) is 0. The largest absolute Gasteiger partial charge is 0.383 e. The molecule has 0 radical (unpaired) electrons. The quantitative estimate of drug-likeness (QED) is 0.911. The minimum Gasteiger partial charge on any atom is -0.383 e. The van der Waals surface area contributed by atoms with Crippen molar-refractivity contribution < 1.29 is 4.74 Å². The molecule has 0 amide bonds. The van der Waals surface area contributed by atoms with Crippen LogP contribution < -0.4 is 10.2 Å². The van der Waals surface area contributed by atoms with Crippen LogP contribution >= 0.6 is 0 Å². The fourth-order valence-electron chi connectivity index (χ4n) is 2.69. The minimum absolute atomic E-state index is 0.818. The van der Waals surface area contributed by atoms with Crippen LogP contribution in [0.5, 0.6) is 0 Å². The van der Waals surface area contributed by atoms with E-state index < -0.39 is 0 Å². The molecule has 1 N–H and O–H groups in total. The molecule has 1 aliphatic heterocycles. The van der Waals surface area contributed by atoms with Crippen molar-refractivity contribution in [3.05, 3.63) is 60.2 Å². The van der Waals surface area contributed by atoms with Gasteiger partial charge >= 0.3 is 0 Å². The van der Waals surface area contributed by atoms with Gasteiger partial charge in [0.25, 0.3) is 0 Å². The van der Waals surface area contributed by atoms with Gasteiger partial charge in [-0.3, -0.25) is 0 Å². The molecule has 3 nitrogen and oxygen atoms in total. The van der Waals surface area contributed by atoms with E-state index in [1.165, 1.54) is 16.9 Å². The summed E-state index contributed by atoms with van der Waals surface area (Å²) in [6, 6.07) is 19.2. The highest BCUT2D eigenvalue weighted by Crippen LogP contribution is 2.26. The Labute approximate surface area is 126 Å². The van der Waals surface area contributed by atoms with Crippen molar-refractivity contribution in [1.82, 2.24) is 0 Å². The van der Waals surface area contributed by atoms with Gasteiger partial charge in [-0.05, 0) is 24.1 Å². The van der Waals surface area contributed by atoms with E-state index in [2.05, 4.69) is 64.8 Å². The molecule has 0 saturated carbocycles. The molecule has 0 atom stereocenters. The van der Waals surface area contributed by atoms with Crippen LogP contribution in [0.2, 0.25) is 0 Å². The number of rotatable bonds is 5. The van der Waals surface area contributed by atoms with E-state index in [4.69, 9.17) is 4.74 Å². The second-order valence-electron chi connectivity index (χ2n) is 5.28. The number of anilines is 2. The van der Waals surface area contributed by atoms with Gasteiger partial charge in [-0.2, -0.15) is 0 Å². The summed E-state index contributed by atoms with van der Waals surface area (Å²) in [7, 11) is 0. The predicted molar refractivity (Wildman–Crippen MR) is 88.1 cm³/mol. The summed E-state index contributed by atoms with van der Waals surface area (Å²) in [5.41, 5.74) is 3.87. The monoisotopic (exact) mass is 282 g/mol. The maximum Gasteiger partial charge on any atom is 0.0642 e. The Hall–Kier alpha value is -2.00. The number of morpholine rings is 1. The van der Waals surface area contributed by atoms with Gasteiger partial charge in [0.1, 0.15) is 0 Å². The Morgan fingerprint density at radius 2 is 1.62 bits per heavy atom. The average Bonchev–Trinajstić information content (AvgIpc) is 2.57. The van der Waals surface area contributed by atoms with Crippen molar-refractivity contribution in [2.24, 2.45) is 0 Å². The molecule has 0 aliphatic carbocycles. The molecule has 3 rings (SSSR count). The summed E-state index contributed by atoms with van der Waals surface area (Å²) in [4.78, 5) is 2.40. The molecule has 21 heavy (non-hydrogen) atoms. The standard InChI is InChI=1S/C18H22N2O/c1-2-6-16(7-3-1)10-11-19-17-8-4-5-9-18(17)20-12-14-21-15-13-20/h1-9,19H,10-15H2. The number of hydrogen-bond donors (Lipinski definition) is 1. The van der Waals surface area contributed by atoms with Gasteiger partial charge < -0.3 is 15.0 Å². The van der Waals surface area contributed by atoms with Gasteiger partial charge in [0, 0.05) is 19.6 Å². The van der Waals surface area contributed by atoms with Crippen LogP contribution in [0, 0.1) is 0 Å². The SMILES string of the molecule is c1ccc(CCNc2ccccc2N2CCOCC2)cc1. The van der Waals surface area contributed by atoms with Crippen molar-refractivity contribution >= 4 is 11.4 Å². The number of benzene rings is 2. The molecule has 1 aliphatic rings. The molecule has 2 aromatic carbocycles. The molecular formula is C18H22N2O. The van der Waals surface area contributed by atoms with Crippen LogP contribution in [0.25, 0.3) is 0 Å². The third kappa shape index (κ3) is 3.76. The highest BCUT2D eigenvalue weighted by Gasteiger charge is 2.13. The van der Waals surface area contributed by atoms with Crippen LogP contribution in [-0.2, 0) is 11.2 Å².